The Hall–Kier alpha value is -2.38. The summed E-state index contributed by atoms with van der Waals surface area (Å²) in [7, 11) is -4.00. The summed E-state index contributed by atoms with van der Waals surface area (Å²) in [5.41, 5.74) is 0.260. The summed E-state index contributed by atoms with van der Waals surface area (Å²) in [4.78, 5) is 11.9. The predicted octanol–water partition coefficient (Wildman–Crippen LogP) is 4.04. The van der Waals surface area contributed by atoms with Crippen LogP contribution in [0.2, 0.25) is 5.02 Å². The van der Waals surface area contributed by atoms with E-state index in [2.05, 4.69) is 6.58 Å². The Balaban J connectivity index is 2.53. The van der Waals surface area contributed by atoms with Gasteiger partial charge in [-0.05, 0) is 49.4 Å². The number of halogens is 2. The van der Waals surface area contributed by atoms with E-state index in [1.54, 1.807) is 6.92 Å². The molecule has 0 bridgehead atoms. The van der Waals surface area contributed by atoms with E-state index in [1.807, 2.05) is 0 Å². The van der Waals surface area contributed by atoms with Crippen LogP contribution in [-0.2, 0) is 14.8 Å². The minimum Gasteiger partial charge on any atom is -0.462 e. The summed E-state index contributed by atoms with van der Waals surface area (Å²) in [5, 5.41) is 0.143. The number of sulfonamides is 1. The van der Waals surface area contributed by atoms with Gasteiger partial charge in [-0.25, -0.2) is 17.6 Å². The number of esters is 1. The highest BCUT2D eigenvalue weighted by molar-refractivity contribution is 7.92. The van der Waals surface area contributed by atoms with E-state index in [4.69, 9.17) is 16.3 Å². The first-order valence-electron chi connectivity index (χ1n) is 7.67. The van der Waals surface area contributed by atoms with Crippen molar-refractivity contribution in [2.45, 2.75) is 11.8 Å². The third kappa shape index (κ3) is 4.23. The quantitative estimate of drug-likeness (QED) is 0.522. The highest BCUT2D eigenvalue weighted by atomic mass is 35.5. The molecule has 138 valence electrons. The smallest absolute Gasteiger partial charge is 0.339 e. The molecule has 0 N–H and O–H groups in total. The molecule has 0 saturated carbocycles. The predicted molar refractivity (Wildman–Crippen MR) is 98.5 cm³/mol. The summed E-state index contributed by atoms with van der Waals surface area (Å²) in [6, 6.07) is 8.68. The van der Waals surface area contributed by atoms with Gasteiger partial charge in [0.05, 0.1) is 34.3 Å². The van der Waals surface area contributed by atoms with Crippen LogP contribution in [0.15, 0.2) is 60.0 Å². The molecule has 0 aliphatic rings. The summed E-state index contributed by atoms with van der Waals surface area (Å²) < 4.78 is 45.0. The van der Waals surface area contributed by atoms with Crippen LogP contribution >= 0.6 is 11.6 Å². The van der Waals surface area contributed by atoms with E-state index in [0.29, 0.717) is 0 Å². The second-order valence-electron chi connectivity index (χ2n) is 5.16. The van der Waals surface area contributed by atoms with Gasteiger partial charge in [0, 0.05) is 0 Å². The number of hydrogen-bond donors (Lipinski definition) is 0. The fraction of sp³-hybridized carbons (Fsp3) is 0.167. The highest BCUT2D eigenvalue weighted by Crippen LogP contribution is 2.28. The van der Waals surface area contributed by atoms with Crippen LogP contribution in [-0.4, -0.2) is 27.5 Å². The molecule has 2 aromatic carbocycles. The topological polar surface area (TPSA) is 63.7 Å². The summed E-state index contributed by atoms with van der Waals surface area (Å²) in [6.07, 6.45) is 1.40. The molecule has 2 rings (SSSR count). The Morgan fingerprint density at radius 1 is 1.27 bits per heavy atom. The van der Waals surface area contributed by atoms with Gasteiger partial charge in [0.15, 0.2) is 0 Å². The van der Waals surface area contributed by atoms with Crippen LogP contribution in [0.4, 0.5) is 10.1 Å². The molecular weight excluding hydrogens is 381 g/mol. The Morgan fingerprint density at radius 2 is 1.92 bits per heavy atom. The van der Waals surface area contributed by atoms with Crippen molar-refractivity contribution in [1.82, 2.24) is 0 Å². The van der Waals surface area contributed by atoms with Crippen molar-refractivity contribution in [3.8, 4) is 0 Å². The van der Waals surface area contributed by atoms with Gasteiger partial charge in [0.2, 0.25) is 0 Å². The summed E-state index contributed by atoms with van der Waals surface area (Å²) in [6.45, 7) is 5.32. The molecule has 0 aromatic heterocycles. The van der Waals surface area contributed by atoms with Crippen molar-refractivity contribution in [1.29, 1.82) is 0 Å². The maximum Gasteiger partial charge on any atom is 0.339 e. The van der Waals surface area contributed by atoms with E-state index in [0.717, 1.165) is 16.4 Å². The monoisotopic (exact) mass is 397 g/mol. The fourth-order valence-corrected chi connectivity index (χ4v) is 3.85. The molecule has 0 heterocycles. The molecule has 0 aliphatic carbocycles. The lowest BCUT2D eigenvalue weighted by Crippen LogP contribution is -2.31. The Labute approximate surface area is 156 Å². The Bertz CT molecular complexity index is 913. The normalized spacial score (nSPS) is 11.0. The molecule has 26 heavy (non-hydrogen) atoms. The van der Waals surface area contributed by atoms with Gasteiger partial charge in [-0.1, -0.05) is 17.7 Å². The van der Waals surface area contributed by atoms with Gasteiger partial charge in [-0.2, -0.15) is 0 Å². The number of rotatable bonds is 7. The van der Waals surface area contributed by atoms with Gasteiger partial charge >= 0.3 is 5.97 Å². The minimum atomic E-state index is -4.00. The Morgan fingerprint density at radius 3 is 2.50 bits per heavy atom. The van der Waals surface area contributed by atoms with Crippen molar-refractivity contribution in [3.63, 3.8) is 0 Å². The van der Waals surface area contributed by atoms with Crippen molar-refractivity contribution >= 4 is 33.3 Å². The first-order valence-corrected chi connectivity index (χ1v) is 9.49. The van der Waals surface area contributed by atoms with Crippen molar-refractivity contribution in [2.75, 3.05) is 17.5 Å². The number of carbonyl (C=O) groups excluding carboxylic acids is 1. The number of benzene rings is 2. The maximum absolute atomic E-state index is 13.1. The molecule has 0 radical (unpaired) electrons. The Kier molecular flexibility index (Phi) is 6.39. The summed E-state index contributed by atoms with van der Waals surface area (Å²) >= 11 is 6.03. The standard InChI is InChI=1S/C18H17ClFNO4S/c1-3-11-21(26(23,24)15-8-5-13(20)6-9-15)14-7-10-17(19)16(12-14)18(22)25-4-2/h3,5-10,12H,1,4,11H2,2H3. The van der Waals surface area contributed by atoms with E-state index in [9.17, 15) is 17.6 Å². The number of anilines is 1. The molecule has 0 saturated heterocycles. The van der Waals surface area contributed by atoms with E-state index in [1.165, 1.54) is 36.4 Å². The minimum absolute atomic E-state index is 0.0504. The lowest BCUT2D eigenvalue weighted by atomic mass is 10.2. The van der Waals surface area contributed by atoms with Gasteiger partial charge < -0.3 is 4.74 Å². The van der Waals surface area contributed by atoms with Crippen LogP contribution in [0.3, 0.4) is 0 Å². The molecule has 2 aromatic rings. The zero-order valence-electron chi connectivity index (χ0n) is 14.0. The highest BCUT2D eigenvalue weighted by Gasteiger charge is 2.25. The number of hydrogen-bond acceptors (Lipinski definition) is 4. The molecule has 0 fully saturated rings. The van der Waals surface area contributed by atoms with Gasteiger partial charge in [-0.15, -0.1) is 6.58 Å². The first-order chi connectivity index (χ1) is 12.3. The van der Waals surface area contributed by atoms with E-state index >= 15 is 0 Å². The van der Waals surface area contributed by atoms with E-state index in [-0.39, 0.29) is 34.3 Å². The summed E-state index contributed by atoms with van der Waals surface area (Å²) in [5.74, 6) is -1.20. The molecule has 0 aliphatic heterocycles. The van der Waals surface area contributed by atoms with E-state index < -0.39 is 21.8 Å². The second-order valence-corrected chi connectivity index (χ2v) is 7.43. The SMILES string of the molecule is C=CCN(c1ccc(Cl)c(C(=O)OCC)c1)S(=O)(=O)c1ccc(F)cc1. The number of ether oxygens (including phenoxy) is 1. The lowest BCUT2D eigenvalue weighted by Gasteiger charge is -2.24. The first kappa shape index (κ1) is 19.9. The van der Waals surface area contributed by atoms with Crippen LogP contribution in [0, 0.1) is 5.82 Å². The third-order valence-corrected chi connectivity index (χ3v) is 5.57. The van der Waals surface area contributed by atoms with Gasteiger partial charge in [0.1, 0.15) is 5.82 Å². The van der Waals surface area contributed by atoms with Gasteiger partial charge in [0.25, 0.3) is 10.0 Å². The molecule has 0 atom stereocenters. The van der Waals surface area contributed by atoms with Crippen molar-refractivity contribution in [3.05, 3.63) is 71.5 Å². The fourth-order valence-electron chi connectivity index (χ4n) is 2.23. The van der Waals surface area contributed by atoms with Crippen LogP contribution < -0.4 is 4.31 Å². The molecule has 5 nitrogen and oxygen atoms in total. The zero-order chi connectivity index (χ0) is 19.3. The van der Waals surface area contributed by atoms with Crippen molar-refractivity contribution < 1.29 is 22.3 Å². The molecule has 0 unspecified atom stereocenters. The molecular formula is C18H17ClFNO4S. The largest absolute Gasteiger partial charge is 0.462 e. The number of carbonyl (C=O) groups is 1. The third-order valence-electron chi connectivity index (χ3n) is 3.43. The number of nitrogens with zero attached hydrogens (tertiary/aromatic N) is 1. The average molecular weight is 398 g/mol. The molecule has 8 heteroatoms. The molecule has 0 amide bonds. The van der Waals surface area contributed by atoms with Crippen LogP contribution in [0.25, 0.3) is 0 Å². The van der Waals surface area contributed by atoms with Gasteiger partial charge in [-0.3, -0.25) is 4.31 Å². The lowest BCUT2D eigenvalue weighted by molar-refractivity contribution is 0.0526. The second kappa shape index (κ2) is 8.33. The maximum atomic E-state index is 13.1. The van der Waals surface area contributed by atoms with Crippen molar-refractivity contribution in [2.24, 2.45) is 0 Å². The van der Waals surface area contributed by atoms with Crippen LogP contribution in [0.5, 0.6) is 0 Å². The average Bonchev–Trinajstić information content (AvgIpc) is 2.61. The zero-order valence-corrected chi connectivity index (χ0v) is 15.6. The molecule has 0 spiro atoms. The van der Waals surface area contributed by atoms with Crippen LogP contribution in [0.1, 0.15) is 17.3 Å².